The van der Waals surface area contributed by atoms with Crippen LogP contribution >= 0.6 is 0 Å². The van der Waals surface area contributed by atoms with Crippen molar-refractivity contribution in [2.75, 3.05) is 0 Å². The summed E-state index contributed by atoms with van der Waals surface area (Å²) in [6, 6.07) is 5.90. The van der Waals surface area contributed by atoms with Gasteiger partial charge in [-0.05, 0) is 22.9 Å². The van der Waals surface area contributed by atoms with Gasteiger partial charge in [0, 0.05) is 12.5 Å². The summed E-state index contributed by atoms with van der Waals surface area (Å²) in [6.07, 6.45) is 0.442. The average Bonchev–Trinajstić information content (AvgIpc) is 2.64. The summed E-state index contributed by atoms with van der Waals surface area (Å²) in [6.45, 7) is 0. The third-order valence-corrected chi connectivity index (χ3v) is 2.23. The minimum absolute atomic E-state index is 0.292. The molecule has 1 unspecified atom stereocenters. The number of aryl methyl sites for hydroxylation is 1. The van der Waals surface area contributed by atoms with Gasteiger partial charge in [0.2, 0.25) is 0 Å². The Kier molecular flexibility index (Phi) is 2.91. The van der Waals surface area contributed by atoms with Crippen LogP contribution in [0.4, 0.5) is 4.39 Å². The standard InChI is InChI=1S/C10H12FN5/c1-16-14-10(13-15-16)6-9(12)7-3-2-4-8(11)5-7/h2-5,9H,6,12H2,1H3. The number of tetrazole rings is 1. The van der Waals surface area contributed by atoms with E-state index >= 15 is 0 Å². The molecule has 0 amide bonds. The molecule has 1 heterocycles. The van der Waals surface area contributed by atoms with Crippen LogP contribution in [0.15, 0.2) is 24.3 Å². The second-order valence-electron chi connectivity index (χ2n) is 3.56. The fourth-order valence-corrected chi connectivity index (χ4v) is 1.46. The number of nitrogens with two attached hydrogens (primary N) is 1. The molecule has 1 aromatic carbocycles. The lowest BCUT2D eigenvalue weighted by Gasteiger charge is -2.09. The predicted molar refractivity (Wildman–Crippen MR) is 55.8 cm³/mol. The second kappa shape index (κ2) is 4.36. The SMILES string of the molecule is Cn1nnc(CC(N)c2cccc(F)c2)n1. The molecular weight excluding hydrogens is 209 g/mol. The van der Waals surface area contributed by atoms with Gasteiger partial charge in [0.15, 0.2) is 5.82 Å². The van der Waals surface area contributed by atoms with E-state index in [0.29, 0.717) is 12.2 Å². The van der Waals surface area contributed by atoms with Crippen LogP contribution in [-0.2, 0) is 13.5 Å². The third kappa shape index (κ3) is 2.40. The number of benzene rings is 1. The van der Waals surface area contributed by atoms with Crippen molar-refractivity contribution in [3.8, 4) is 0 Å². The van der Waals surface area contributed by atoms with Crippen molar-refractivity contribution < 1.29 is 4.39 Å². The van der Waals surface area contributed by atoms with Crippen molar-refractivity contribution in [2.24, 2.45) is 12.8 Å². The predicted octanol–water partition coefficient (Wildman–Crippen LogP) is 0.592. The van der Waals surface area contributed by atoms with Gasteiger partial charge in [-0.15, -0.1) is 10.2 Å². The fraction of sp³-hybridized carbons (Fsp3) is 0.300. The van der Waals surface area contributed by atoms with Crippen LogP contribution in [0.5, 0.6) is 0 Å². The normalized spacial score (nSPS) is 12.7. The topological polar surface area (TPSA) is 69.6 Å². The van der Waals surface area contributed by atoms with Crippen molar-refractivity contribution in [3.05, 3.63) is 41.5 Å². The quantitative estimate of drug-likeness (QED) is 0.823. The second-order valence-corrected chi connectivity index (χ2v) is 3.56. The molecule has 2 rings (SSSR count). The van der Waals surface area contributed by atoms with Gasteiger partial charge < -0.3 is 5.73 Å². The Morgan fingerprint density at radius 1 is 1.50 bits per heavy atom. The first-order valence-corrected chi connectivity index (χ1v) is 4.89. The first kappa shape index (κ1) is 10.7. The summed E-state index contributed by atoms with van der Waals surface area (Å²) < 4.78 is 13.0. The highest BCUT2D eigenvalue weighted by Gasteiger charge is 2.11. The van der Waals surface area contributed by atoms with Gasteiger partial charge in [-0.1, -0.05) is 12.1 Å². The van der Waals surface area contributed by atoms with Crippen molar-refractivity contribution in [1.29, 1.82) is 0 Å². The molecular formula is C10H12FN5. The van der Waals surface area contributed by atoms with E-state index in [2.05, 4.69) is 15.4 Å². The zero-order valence-electron chi connectivity index (χ0n) is 8.84. The van der Waals surface area contributed by atoms with Crippen LogP contribution < -0.4 is 5.73 Å². The smallest absolute Gasteiger partial charge is 0.176 e. The molecule has 1 atom stereocenters. The molecule has 84 valence electrons. The molecule has 0 radical (unpaired) electrons. The van der Waals surface area contributed by atoms with E-state index in [1.54, 1.807) is 19.2 Å². The number of hydrogen-bond donors (Lipinski definition) is 1. The molecule has 0 saturated carbocycles. The first-order valence-electron chi connectivity index (χ1n) is 4.89. The maximum Gasteiger partial charge on any atom is 0.176 e. The van der Waals surface area contributed by atoms with E-state index < -0.39 is 0 Å². The molecule has 0 spiro atoms. The Morgan fingerprint density at radius 2 is 2.31 bits per heavy atom. The maximum absolute atomic E-state index is 13.0. The van der Waals surface area contributed by atoms with Crippen molar-refractivity contribution >= 4 is 0 Å². The van der Waals surface area contributed by atoms with Gasteiger partial charge in [0.25, 0.3) is 0 Å². The van der Waals surface area contributed by atoms with Gasteiger partial charge in [-0.3, -0.25) is 0 Å². The number of rotatable bonds is 3. The lowest BCUT2D eigenvalue weighted by atomic mass is 10.0. The number of halogens is 1. The van der Waals surface area contributed by atoms with Gasteiger partial charge in [-0.25, -0.2) is 4.39 Å². The molecule has 16 heavy (non-hydrogen) atoms. The van der Waals surface area contributed by atoms with E-state index in [-0.39, 0.29) is 11.9 Å². The highest BCUT2D eigenvalue weighted by Crippen LogP contribution is 2.14. The Morgan fingerprint density at radius 3 is 2.94 bits per heavy atom. The molecule has 0 bridgehead atoms. The minimum atomic E-state index is -0.320. The minimum Gasteiger partial charge on any atom is -0.324 e. The molecule has 0 aliphatic rings. The van der Waals surface area contributed by atoms with Crippen molar-refractivity contribution in [1.82, 2.24) is 20.2 Å². The lowest BCUT2D eigenvalue weighted by Crippen LogP contribution is -2.14. The molecule has 0 aliphatic carbocycles. The van der Waals surface area contributed by atoms with Crippen LogP contribution in [0, 0.1) is 5.82 Å². The van der Waals surface area contributed by atoms with Gasteiger partial charge in [0.1, 0.15) is 5.82 Å². The molecule has 0 aliphatic heterocycles. The summed E-state index contributed by atoms with van der Waals surface area (Å²) in [5.74, 6) is 0.263. The number of nitrogens with zero attached hydrogens (tertiary/aromatic N) is 4. The summed E-state index contributed by atoms with van der Waals surface area (Å²) in [5.41, 5.74) is 6.65. The summed E-state index contributed by atoms with van der Waals surface area (Å²) in [4.78, 5) is 1.37. The zero-order chi connectivity index (χ0) is 11.5. The average molecular weight is 221 g/mol. The molecule has 6 heteroatoms. The Labute approximate surface area is 92.1 Å². The fourth-order valence-electron chi connectivity index (χ4n) is 1.46. The summed E-state index contributed by atoms with van der Waals surface area (Å²) in [5, 5.41) is 11.6. The highest BCUT2D eigenvalue weighted by molar-refractivity contribution is 5.20. The third-order valence-electron chi connectivity index (χ3n) is 2.23. The number of hydrogen-bond acceptors (Lipinski definition) is 4. The van der Waals surface area contributed by atoms with Crippen LogP contribution in [0.1, 0.15) is 17.4 Å². The van der Waals surface area contributed by atoms with E-state index in [1.165, 1.54) is 16.9 Å². The molecule has 1 aromatic heterocycles. The highest BCUT2D eigenvalue weighted by atomic mass is 19.1. The van der Waals surface area contributed by atoms with Crippen LogP contribution in [0.3, 0.4) is 0 Å². The zero-order valence-corrected chi connectivity index (χ0v) is 8.84. The molecule has 2 N–H and O–H groups in total. The Hall–Kier alpha value is -1.82. The number of aromatic nitrogens is 4. The van der Waals surface area contributed by atoms with Crippen molar-refractivity contribution in [2.45, 2.75) is 12.5 Å². The Bertz CT molecular complexity index is 482. The van der Waals surface area contributed by atoms with E-state index in [0.717, 1.165) is 5.56 Å². The first-order chi connectivity index (χ1) is 7.65. The summed E-state index contributed by atoms with van der Waals surface area (Å²) >= 11 is 0. The largest absolute Gasteiger partial charge is 0.324 e. The molecule has 0 saturated heterocycles. The van der Waals surface area contributed by atoms with Gasteiger partial charge in [-0.2, -0.15) is 4.80 Å². The monoisotopic (exact) mass is 221 g/mol. The van der Waals surface area contributed by atoms with Crippen LogP contribution in [0.25, 0.3) is 0 Å². The lowest BCUT2D eigenvalue weighted by molar-refractivity contribution is 0.611. The Balaban J connectivity index is 2.11. The van der Waals surface area contributed by atoms with Gasteiger partial charge in [0.05, 0.1) is 7.05 Å². The van der Waals surface area contributed by atoms with Crippen molar-refractivity contribution in [3.63, 3.8) is 0 Å². The molecule has 5 nitrogen and oxygen atoms in total. The van der Waals surface area contributed by atoms with Crippen LogP contribution in [0.2, 0.25) is 0 Å². The van der Waals surface area contributed by atoms with Crippen LogP contribution in [-0.4, -0.2) is 20.2 Å². The molecule has 2 aromatic rings. The van der Waals surface area contributed by atoms with E-state index in [4.69, 9.17) is 5.73 Å². The van der Waals surface area contributed by atoms with E-state index in [9.17, 15) is 4.39 Å². The summed E-state index contributed by atoms with van der Waals surface area (Å²) in [7, 11) is 1.68. The maximum atomic E-state index is 13.0. The van der Waals surface area contributed by atoms with Gasteiger partial charge >= 0.3 is 0 Å². The van der Waals surface area contributed by atoms with E-state index in [1.807, 2.05) is 0 Å². The molecule has 0 fully saturated rings.